The Hall–Kier alpha value is -1.33. The standard InChI is InChI=1S/C12H17NO4/c1-16-10-4-2-3-9(10)13-7-11-8(12(14)15)5-6-17-11/h5-6,9-10,13H,2-4,7H2,1H3,(H,14,15). The van der Waals surface area contributed by atoms with E-state index in [1.165, 1.54) is 12.3 Å². The van der Waals surface area contributed by atoms with Crippen LogP contribution >= 0.6 is 0 Å². The molecule has 0 bridgehead atoms. The lowest BCUT2D eigenvalue weighted by Crippen LogP contribution is -2.36. The number of methoxy groups -OCH3 is 1. The highest BCUT2D eigenvalue weighted by molar-refractivity contribution is 5.88. The Kier molecular flexibility index (Phi) is 3.81. The van der Waals surface area contributed by atoms with E-state index in [4.69, 9.17) is 14.3 Å². The quantitative estimate of drug-likeness (QED) is 0.817. The summed E-state index contributed by atoms with van der Waals surface area (Å²) in [6.45, 7) is 0.430. The maximum absolute atomic E-state index is 10.9. The molecule has 1 heterocycles. The van der Waals surface area contributed by atoms with Crippen molar-refractivity contribution in [3.8, 4) is 0 Å². The van der Waals surface area contributed by atoms with Gasteiger partial charge in [0.2, 0.25) is 0 Å². The first-order valence-electron chi connectivity index (χ1n) is 5.78. The van der Waals surface area contributed by atoms with Crippen molar-refractivity contribution >= 4 is 5.97 Å². The summed E-state index contributed by atoms with van der Waals surface area (Å²) >= 11 is 0. The number of carboxylic acid groups (broad SMARTS) is 1. The first kappa shape index (κ1) is 12.1. The fourth-order valence-corrected chi connectivity index (χ4v) is 2.33. The summed E-state index contributed by atoms with van der Waals surface area (Å²) in [4.78, 5) is 10.9. The largest absolute Gasteiger partial charge is 0.478 e. The lowest BCUT2D eigenvalue weighted by Gasteiger charge is -2.19. The smallest absolute Gasteiger partial charge is 0.339 e. The third kappa shape index (κ3) is 2.68. The van der Waals surface area contributed by atoms with Crippen LogP contribution in [0.2, 0.25) is 0 Å². The summed E-state index contributed by atoms with van der Waals surface area (Å²) in [7, 11) is 1.71. The Labute approximate surface area is 99.8 Å². The Bertz CT molecular complexity index is 388. The first-order valence-corrected chi connectivity index (χ1v) is 5.78. The van der Waals surface area contributed by atoms with Gasteiger partial charge < -0.3 is 19.6 Å². The summed E-state index contributed by atoms with van der Waals surface area (Å²) in [6.07, 6.45) is 4.88. The molecule has 1 saturated carbocycles. The highest BCUT2D eigenvalue weighted by Crippen LogP contribution is 2.22. The number of furan rings is 1. The molecule has 5 nitrogen and oxygen atoms in total. The van der Waals surface area contributed by atoms with Gasteiger partial charge in [-0.15, -0.1) is 0 Å². The zero-order chi connectivity index (χ0) is 12.3. The topological polar surface area (TPSA) is 71.7 Å². The minimum absolute atomic E-state index is 0.221. The van der Waals surface area contributed by atoms with Crippen molar-refractivity contribution in [2.45, 2.75) is 38.0 Å². The first-order chi connectivity index (χ1) is 8.22. The van der Waals surface area contributed by atoms with E-state index in [0.717, 1.165) is 19.3 Å². The van der Waals surface area contributed by atoms with Crippen molar-refractivity contribution in [3.63, 3.8) is 0 Å². The minimum atomic E-state index is -0.953. The van der Waals surface area contributed by atoms with E-state index in [0.29, 0.717) is 12.3 Å². The van der Waals surface area contributed by atoms with Crippen LogP contribution in [0.4, 0.5) is 0 Å². The van der Waals surface area contributed by atoms with E-state index in [-0.39, 0.29) is 17.7 Å². The van der Waals surface area contributed by atoms with Gasteiger partial charge in [-0.25, -0.2) is 4.79 Å². The van der Waals surface area contributed by atoms with Gasteiger partial charge in [-0.2, -0.15) is 0 Å². The van der Waals surface area contributed by atoms with Crippen LogP contribution in [-0.2, 0) is 11.3 Å². The number of hydrogen-bond donors (Lipinski definition) is 2. The zero-order valence-corrected chi connectivity index (χ0v) is 9.81. The molecule has 2 N–H and O–H groups in total. The van der Waals surface area contributed by atoms with Gasteiger partial charge in [-0.05, 0) is 25.3 Å². The molecule has 94 valence electrons. The highest BCUT2D eigenvalue weighted by atomic mass is 16.5. The normalized spacial score (nSPS) is 24.1. The van der Waals surface area contributed by atoms with Crippen LogP contribution in [0.5, 0.6) is 0 Å². The molecule has 0 radical (unpaired) electrons. The Morgan fingerprint density at radius 1 is 1.65 bits per heavy atom. The summed E-state index contributed by atoms with van der Waals surface area (Å²) in [5, 5.41) is 12.2. The number of hydrogen-bond acceptors (Lipinski definition) is 4. The maximum Gasteiger partial charge on any atom is 0.339 e. The number of nitrogens with one attached hydrogen (secondary N) is 1. The average Bonchev–Trinajstić information content (AvgIpc) is 2.94. The average molecular weight is 239 g/mol. The molecule has 5 heteroatoms. The third-order valence-corrected chi connectivity index (χ3v) is 3.26. The van der Waals surface area contributed by atoms with Gasteiger partial charge in [0.1, 0.15) is 11.3 Å². The van der Waals surface area contributed by atoms with Gasteiger partial charge in [0.05, 0.1) is 18.9 Å². The third-order valence-electron chi connectivity index (χ3n) is 3.26. The molecule has 1 aliphatic rings. The van der Waals surface area contributed by atoms with Crippen molar-refractivity contribution in [2.75, 3.05) is 7.11 Å². The predicted octanol–water partition coefficient (Wildman–Crippen LogP) is 1.63. The fourth-order valence-electron chi connectivity index (χ4n) is 2.33. The summed E-state index contributed by atoms with van der Waals surface area (Å²) in [6, 6.07) is 1.76. The molecule has 1 aromatic heterocycles. The van der Waals surface area contributed by atoms with Crippen molar-refractivity contribution < 1.29 is 19.1 Å². The molecule has 1 fully saturated rings. The number of carbonyl (C=O) groups is 1. The second-order valence-electron chi connectivity index (χ2n) is 4.26. The van der Waals surface area contributed by atoms with E-state index in [1.807, 2.05) is 0 Å². The van der Waals surface area contributed by atoms with Crippen molar-refractivity contribution in [2.24, 2.45) is 0 Å². The van der Waals surface area contributed by atoms with Crippen LogP contribution in [0, 0.1) is 0 Å². The molecule has 0 aromatic carbocycles. The lowest BCUT2D eigenvalue weighted by atomic mass is 10.2. The van der Waals surface area contributed by atoms with Gasteiger partial charge >= 0.3 is 5.97 Å². The summed E-state index contributed by atoms with van der Waals surface area (Å²) in [5.74, 6) is -0.482. The van der Waals surface area contributed by atoms with Crippen LogP contribution in [-0.4, -0.2) is 30.3 Å². The SMILES string of the molecule is COC1CCCC1NCc1occc1C(=O)O. The van der Waals surface area contributed by atoms with Crippen LogP contribution in [0.3, 0.4) is 0 Å². The number of carboxylic acids is 1. The highest BCUT2D eigenvalue weighted by Gasteiger charge is 2.27. The Morgan fingerprint density at radius 2 is 2.47 bits per heavy atom. The van der Waals surface area contributed by atoms with E-state index >= 15 is 0 Å². The molecule has 1 aliphatic carbocycles. The molecule has 2 rings (SSSR count). The van der Waals surface area contributed by atoms with Crippen LogP contribution in [0.15, 0.2) is 16.7 Å². The lowest BCUT2D eigenvalue weighted by molar-refractivity contribution is 0.0693. The number of ether oxygens (including phenoxy) is 1. The van der Waals surface area contributed by atoms with Crippen LogP contribution in [0.25, 0.3) is 0 Å². The molecular weight excluding hydrogens is 222 g/mol. The zero-order valence-electron chi connectivity index (χ0n) is 9.81. The second-order valence-corrected chi connectivity index (χ2v) is 4.26. The Balaban J connectivity index is 1.93. The molecule has 17 heavy (non-hydrogen) atoms. The molecule has 2 atom stereocenters. The summed E-state index contributed by atoms with van der Waals surface area (Å²) in [5.41, 5.74) is 0.226. The van der Waals surface area contributed by atoms with Gasteiger partial charge in [0.25, 0.3) is 0 Å². The predicted molar refractivity (Wildman–Crippen MR) is 60.9 cm³/mol. The van der Waals surface area contributed by atoms with Gasteiger partial charge in [-0.3, -0.25) is 0 Å². The van der Waals surface area contributed by atoms with Crippen LogP contribution in [0.1, 0.15) is 35.4 Å². The molecule has 2 unspecified atom stereocenters. The minimum Gasteiger partial charge on any atom is -0.478 e. The van der Waals surface area contributed by atoms with E-state index in [2.05, 4.69) is 5.32 Å². The summed E-state index contributed by atoms with van der Waals surface area (Å²) < 4.78 is 10.5. The van der Waals surface area contributed by atoms with Gasteiger partial charge in [-0.1, -0.05) is 0 Å². The van der Waals surface area contributed by atoms with E-state index in [9.17, 15) is 4.79 Å². The monoisotopic (exact) mass is 239 g/mol. The van der Waals surface area contributed by atoms with Gasteiger partial charge in [0, 0.05) is 13.2 Å². The maximum atomic E-state index is 10.9. The van der Waals surface area contributed by atoms with E-state index in [1.54, 1.807) is 7.11 Å². The fraction of sp³-hybridized carbons (Fsp3) is 0.583. The van der Waals surface area contributed by atoms with Crippen molar-refractivity contribution in [3.05, 3.63) is 23.7 Å². The van der Waals surface area contributed by atoms with Crippen molar-refractivity contribution in [1.29, 1.82) is 0 Å². The Morgan fingerprint density at radius 3 is 3.18 bits per heavy atom. The second kappa shape index (κ2) is 5.33. The van der Waals surface area contributed by atoms with Gasteiger partial charge in [0.15, 0.2) is 0 Å². The van der Waals surface area contributed by atoms with E-state index < -0.39 is 5.97 Å². The van der Waals surface area contributed by atoms with Crippen molar-refractivity contribution in [1.82, 2.24) is 5.32 Å². The molecular formula is C12H17NO4. The number of rotatable bonds is 5. The molecule has 1 aromatic rings. The molecule has 0 spiro atoms. The molecule has 0 saturated heterocycles. The molecule has 0 aliphatic heterocycles. The van der Waals surface area contributed by atoms with Crippen LogP contribution < -0.4 is 5.32 Å². The number of aromatic carboxylic acids is 1. The molecule has 0 amide bonds.